The minimum Gasteiger partial charge on any atom is -0.353 e. The summed E-state index contributed by atoms with van der Waals surface area (Å²) in [6.45, 7) is 5.28. The topological polar surface area (TPSA) is 75.4 Å². The highest BCUT2D eigenvalue weighted by atomic mass is 16.5. The van der Waals surface area contributed by atoms with Crippen molar-refractivity contribution in [2.45, 2.75) is 44.9 Å². The fourth-order valence-electron chi connectivity index (χ4n) is 3.23. The standard InChI is InChI=1S/C19H25N5O2/c1-2-3-4-17(25)24-11-9-23(10-12-24)16-8-7-15(13-20-16)18-21-19(26-22-18)14-5-6-14/h7-8,13-14H,2-6,9-12H2,1H3. The Morgan fingerprint density at radius 2 is 2.04 bits per heavy atom. The first-order valence-electron chi connectivity index (χ1n) is 9.57. The van der Waals surface area contributed by atoms with Gasteiger partial charge in [-0.05, 0) is 31.4 Å². The Morgan fingerprint density at radius 1 is 1.23 bits per heavy atom. The highest BCUT2D eigenvalue weighted by Gasteiger charge is 2.30. The molecule has 7 heteroatoms. The second kappa shape index (κ2) is 7.43. The van der Waals surface area contributed by atoms with Crippen LogP contribution < -0.4 is 4.90 Å². The Kier molecular flexibility index (Phi) is 4.86. The van der Waals surface area contributed by atoms with Crippen LogP contribution in [0.15, 0.2) is 22.9 Å². The smallest absolute Gasteiger partial charge is 0.230 e. The van der Waals surface area contributed by atoms with Crippen molar-refractivity contribution >= 4 is 11.7 Å². The summed E-state index contributed by atoms with van der Waals surface area (Å²) in [6.07, 6.45) is 6.79. The Balaban J connectivity index is 1.34. The van der Waals surface area contributed by atoms with E-state index < -0.39 is 0 Å². The number of anilines is 1. The van der Waals surface area contributed by atoms with Crippen molar-refractivity contribution in [1.29, 1.82) is 0 Å². The third-order valence-corrected chi connectivity index (χ3v) is 5.07. The Hall–Kier alpha value is -2.44. The maximum absolute atomic E-state index is 12.1. The van der Waals surface area contributed by atoms with E-state index in [0.717, 1.165) is 69.1 Å². The van der Waals surface area contributed by atoms with Crippen molar-refractivity contribution in [3.05, 3.63) is 24.2 Å². The molecule has 1 amide bonds. The van der Waals surface area contributed by atoms with Gasteiger partial charge in [0.05, 0.1) is 0 Å². The molecule has 0 unspecified atom stereocenters. The first-order valence-corrected chi connectivity index (χ1v) is 9.57. The van der Waals surface area contributed by atoms with Gasteiger partial charge in [-0.25, -0.2) is 4.98 Å². The molecular formula is C19H25N5O2. The lowest BCUT2D eigenvalue weighted by atomic mass is 10.2. The van der Waals surface area contributed by atoms with E-state index >= 15 is 0 Å². The summed E-state index contributed by atoms with van der Waals surface area (Å²) in [4.78, 5) is 25.3. The summed E-state index contributed by atoms with van der Waals surface area (Å²) < 4.78 is 5.31. The first-order chi connectivity index (χ1) is 12.7. The van der Waals surface area contributed by atoms with Crippen molar-refractivity contribution in [2.75, 3.05) is 31.1 Å². The van der Waals surface area contributed by atoms with E-state index in [0.29, 0.717) is 18.2 Å². The van der Waals surface area contributed by atoms with E-state index in [2.05, 4.69) is 26.9 Å². The Labute approximate surface area is 153 Å². The molecule has 2 aromatic heterocycles. The molecule has 0 N–H and O–H groups in total. The number of amides is 1. The minimum absolute atomic E-state index is 0.276. The van der Waals surface area contributed by atoms with E-state index in [-0.39, 0.29) is 5.91 Å². The Bertz CT molecular complexity index is 746. The van der Waals surface area contributed by atoms with Crippen LogP contribution in [0.1, 0.15) is 50.8 Å². The van der Waals surface area contributed by atoms with Gasteiger partial charge in [0.2, 0.25) is 17.6 Å². The van der Waals surface area contributed by atoms with Gasteiger partial charge in [0.15, 0.2) is 0 Å². The molecule has 1 saturated carbocycles. The normalized spacial score (nSPS) is 17.6. The SMILES string of the molecule is CCCCC(=O)N1CCN(c2ccc(-c3noc(C4CC4)n3)cn2)CC1. The van der Waals surface area contributed by atoms with E-state index in [9.17, 15) is 4.79 Å². The molecule has 2 aliphatic rings. The third kappa shape index (κ3) is 3.71. The van der Waals surface area contributed by atoms with Gasteiger partial charge in [-0.15, -0.1) is 0 Å². The van der Waals surface area contributed by atoms with Crippen molar-refractivity contribution in [1.82, 2.24) is 20.0 Å². The lowest BCUT2D eigenvalue weighted by molar-refractivity contribution is -0.131. The van der Waals surface area contributed by atoms with Gasteiger partial charge in [0, 0.05) is 50.3 Å². The molecule has 26 heavy (non-hydrogen) atoms. The fourth-order valence-corrected chi connectivity index (χ4v) is 3.23. The molecule has 0 radical (unpaired) electrons. The lowest BCUT2D eigenvalue weighted by Gasteiger charge is -2.35. The van der Waals surface area contributed by atoms with Crippen LogP contribution in [0.25, 0.3) is 11.4 Å². The predicted molar refractivity (Wildman–Crippen MR) is 97.8 cm³/mol. The van der Waals surface area contributed by atoms with E-state index in [1.165, 1.54) is 0 Å². The van der Waals surface area contributed by atoms with Crippen molar-refractivity contribution in [3.63, 3.8) is 0 Å². The fraction of sp³-hybridized carbons (Fsp3) is 0.579. The van der Waals surface area contributed by atoms with Crippen molar-refractivity contribution in [3.8, 4) is 11.4 Å². The minimum atomic E-state index is 0.276. The molecule has 1 aliphatic carbocycles. The number of pyridine rings is 1. The Morgan fingerprint density at radius 3 is 2.69 bits per heavy atom. The average Bonchev–Trinajstić information content (AvgIpc) is 3.43. The lowest BCUT2D eigenvalue weighted by Crippen LogP contribution is -2.49. The molecule has 138 valence electrons. The first kappa shape index (κ1) is 17.0. The van der Waals surface area contributed by atoms with Gasteiger partial charge < -0.3 is 14.3 Å². The maximum atomic E-state index is 12.1. The predicted octanol–water partition coefficient (Wildman–Crippen LogP) is 2.85. The summed E-state index contributed by atoms with van der Waals surface area (Å²) in [7, 11) is 0. The zero-order valence-electron chi connectivity index (χ0n) is 15.2. The molecule has 0 spiro atoms. The van der Waals surface area contributed by atoms with Crippen LogP contribution in [0, 0.1) is 0 Å². The summed E-state index contributed by atoms with van der Waals surface area (Å²) in [5.41, 5.74) is 0.873. The summed E-state index contributed by atoms with van der Waals surface area (Å²) in [5.74, 6) is 3.02. The highest BCUT2D eigenvalue weighted by Crippen LogP contribution is 2.39. The van der Waals surface area contributed by atoms with Crippen LogP contribution in [0.2, 0.25) is 0 Å². The maximum Gasteiger partial charge on any atom is 0.230 e. The van der Waals surface area contributed by atoms with E-state index in [1.807, 2.05) is 17.0 Å². The zero-order valence-corrected chi connectivity index (χ0v) is 15.2. The molecule has 0 bridgehead atoms. The van der Waals surface area contributed by atoms with Crippen LogP contribution >= 0.6 is 0 Å². The number of unbranched alkanes of at least 4 members (excludes halogenated alkanes) is 1. The number of hydrogen-bond acceptors (Lipinski definition) is 6. The van der Waals surface area contributed by atoms with Gasteiger partial charge in [-0.2, -0.15) is 4.98 Å². The summed E-state index contributed by atoms with van der Waals surface area (Å²) in [6, 6.07) is 3.99. The molecule has 0 aromatic carbocycles. The number of carbonyl (C=O) groups is 1. The molecule has 2 aromatic rings. The molecule has 7 nitrogen and oxygen atoms in total. The average molecular weight is 355 g/mol. The van der Waals surface area contributed by atoms with Gasteiger partial charge in [-0.3, -0.25) is 4.79 Å². The van der Waals surface area contributed by atoms with Crippen LogP contribution in [-0.4, -0.2) is 52.1 Å². The molecule has 2 fully saturated rings. The monoisotopic (exact) mass is 355 g/mol. The molecule has 0 atom stereocenters. The van der Waals surface area contributed by atoms with E-state index in [1.54, 1.807) is 6.20 Å². The van der Waals surface area contributed by atoms with Crippen LogP contribution in [0.4, 0.5) is 5.82 Å². The molecule has 3 heterocycles. The van der Waals surface area contributed by atoms with Gasteiger partial charge >= 0.3 is 0 Å². The van der Waals surface area contributed by atoms with Gasteiger partial charge in [0.1, 0.15) is 5.82 Å². The van der Waals surface area contributed by atoms with Gasteiger partial charge in [0.25, 0.3) is 0 Å². The zero-order chi connectivity index (χ0) is 17.9. The molecule has 1 saturated heterocycles. The highest BCUT2D eigenvalue weighted by molar-refractivity contribution is 5.76. The number of aromatic nitrogens is 3. The number of nitrogens with zero attached hydrogens (tertiary/aromatic N) is 5. The van der Waals surface area contributed by atoms with Crippen LogP contribution in [0.5, 0.6) is 0 Å². The number of hydrogen-bond donors (Lipinski definition) is 0. The molecular weight excluding hydrogens is 330 g/mol. The largest absolute Gasteiger partial charge is 0.353 e. The molecule has 1 aliphatic heterocycles. The number of piperazine rings is 1. The quantitative estimate of drug-likeness (QED) is 0.793. The number of carbonyl (C=O) groups excluding carboxylic acids is 1. The van der Waals surface area contributed by atoms with Crippen molar-refractivity contribution in [2.24, 2.45) is 0 Å². The second-order valence-electron chi connectivity index (χ2n) is 7.11. The van der Waals surface area contributed by atoms with Crippen molar-refractivity contribution < 1.29 is 9.32 Å². The van der Waals surface area contributed by atoms with Crippen LogP contribution in [0.3, 0.4) is 0 Å². The van der Waals surface area contributed by atoms with E-state index in [4.69, 9.17) is 4.52 Å². The van der Waals surface area contributed by atoms with Crippen LogP contribution in [-0.2, 0) is 4.79 Å². The summed E-state index contributed by atoms with van der Waals surface area (Å²) in [5, 5.41) is 4.06. The van der Waals surface area contributed by atoms with Gasteiger partial charge in [-0.1, -0.05) is 18.5 Å². The summed E-state index contributed by atoms with van der Waals surface area (Å²) >= 11 is 0. The number of rotatable bonds is 6. The second-order valence-corrected chi connectivity index (χ2v) is 7.11. The molecule has 4 rings (SSSR count). The third-order valence-electron chi connectivity index (χ3n) is 5.07.